The second-order valence-electron chi connectivity index (χ2n) is 9.19. The van der Waals surface area contributed by atoms with Crippen molar-refractivity contribution in [3.63, 3.8) is 0 Å². The Morgan fingerprint density at radius 2 is 1.51 bits per heavy atom. The Morgan fingerprint density at radius 1 is 0.946 bits per heavy atom. The van der Waals surface area contributed by atoms with Gasteiger partial charge in [0.1, 0.15) is 5.60 Å². The molecule has 9 heteroatoms. The van der Waals surface area contributed by atoms with Gasteiger partial charge in [-0.2, -0.15) is 0 Å². The van der Waals surface area contributed by atoms with Gasteiger partial charge in [0.25, 0.3) is 0 Å². The van der Waals surface area contributed by atoms with Gasteiger partial charge in [-0.05, 0) is 50.8 Å². The molecular formula is C28H36O9. The van der Waals surface area contributed by atoms with Crippen molar-refractivity contribution in [1.82, 2.24) is 0 Å². The summed E-state index contributed by atoms with van der Waals surface area (Å²) in [4.78, 5) is 13.0. The molecule has 2 aromatic carbocycles. The van der Waals surface area contributed by atoms with E-state index in [2.05, 4.69) is 0 Å². The van der Waals surface area contributed by atoms with Crippen molar-refractivity contribution >= 4 is 5.97 Å². The van der Waals surface area contributed by atoms with Crippen molar-refractivity contribution in [2.75, 3.05) is 35.5 Å². The third-order valence-electron chi connectivity index (χ3n) is 7.13. The van der Waals surface area contributed by atoms with Crippen LogP contribution in [-0.4, -0.2) is 57.3 Å². The van der Waals surface area contributed by atoms with Gasteiger partial charge in [-0.1, -0.05) is 13.0 Å². The van der Waals surface area contributed by atoms with Gasteiger partial charge in [0.2, 0.25) is 11.5 Å². The molecule has 2 aromatic rings. The number of rotatable bonds is 7. The maximum atomic E-state index is 13.0. The number of esters is 1. The van der Waals surface area contributed by atoms with E-state index in [4.69, 9.17) is 28.4 Å². The quantitative estimate of drug-likeness (QED) is 0.403. The Bertz CT molecular complexity index is 1210. The van der Waals surface area contributed by atoms with Crippen LogP contribution in [0.3, 0.4) is 0 Å². The number of benzene rings is 2. The van der Waals surface area contributed by atoms with E-state index in [1.165, 1.54) is 35.5 Å². The lowest BCUT2D eigenvalue weighted by atomic mass is 9.73. The number of ether oxygens (including phenoxy) is 6. The summed E-state index contributed by atoms with van der Waals surface area (Å²) in [5, 5.41) is 22.7. The van der Waals surface area contributed by atoms with E-state index in [0.29, 0.717) is 45.7 Å². The summed E-state index contributed by atoms with van der Waals surface area (Å²) < 4.78 is 34.4. The van der Waals surface area contributed by atoms with Gasteiger partial charge in [0, 0.05) is 22.3 Å². The fourth-order valence-electron chi connectivity index (χ4n) is 4.76. The zero-order chi connectivity index (χ0) is 27.7. The molecule has 0 saturated heterocycles. The molecule has 202 valence electrons. The smallest absolute Gasteiger partial charge is 0.334 e. The number of hydrogen-bond donors (Lipinski definition) is 2. The van der Waals surface area contributed by atoms with Crippen LogP contribution in [0.2, 0.25) is 0 Å². The third-order valence-corrected chi connectivity index (χ3v) is 7.13. The lowest BCUT2D eigenvalue weighted by Gasteiger charge is -2.41. The number of allylic oxidation sites excluding steroid dienone is 1. The number of hydrogen-bond acceptors (Lipinski definition) is 9. The molecule has 0 fully saturated rings. The van der Waals surface area contributed by atoms with Crippen LogP contribution in [-0.2, 0) is 16.0 Å². The molecule has 0 aliphatic heterocycles. The average molecular weight is 517 g/mol. The fourth-order valence-corrected chi connectivity index (χ4v) is 4.76. The van der Waals surface area contributed by atoms with Crippen LogP contribution in [0, 0.1) is 5.92 Å². The second-order valence-corrected chi connectivity index (χ2v) is 9.19. The summed E-state index contributed by atoms with van der Waals surface area (Å²) in [6.45, 7) is 6.86. The minimum absolute atomic E-state index is 0.113. The molecule has 37 heavy (non-hydrogen) atoms. The van der Waals surface area contributed by atoms with Gasteiger partial charge in [-0.25, -0.2) is 4.79 Å². The summed E-state index contributed by atoms with van der Waals surface area (Å²) in [5.74, 6) is 0.158. The van der Waals surface area contributed by atoms with Crippen molar-refractivity contribution in [3.8, 4) is 45.6 Å². The van der Waals surface area contributed by atoms with Crippen LogP contribution in [0.15, 0.2) is 23.8 Å². The van der Waals surface area contributed by atoms with Gasteiger partial charge in [0.15, 0.2) is 29.1 Å². The highest BCUT2D eigenvalue weighted by molar-refractivity contribution is 5.90. The lowest BCUT2D eigenvalue weighted by Crippen LogP contribution is -2.44. The van der Waals surface area contributed by atoms with Gasteiger partial charge < -0.3 is 38.6 Å². The normalized spacial score (nSPS) is 21.1. The van der Waals surface area contributed by atoms with Crippen LogP contribution in [0.25, 0.3) is 11.1 Å². The Kier molecular flexibility index (Phi) is 8.17. The Hall–Kier alpha value is -3.59. The van der Waals surface area contributed by atoms with E-state index in [1.807, 2.05) is 6.92 Å². The summed E-state index contributed by atoms with van der Waals surface area (Å²) in [6, 6.07) is 3.24. The first-order valence-electron chi connectivity index (χ1n) is 11.9. The van der Waals surface area contributed by atoms with Crippen molar-refractivity contribution in [3.05, 3.63) is 34.9 Å². The SMILES string of the molecule is CC=C(C)C(=O)O[C@H]1c2cc(OC)c(OC)c(OC)c2-c2c(cc(O)c(OC)c2OC)C[C@@H](C)[C@@]1(C)O. The summed E-state index contributed by atoms with van der Waals surface area (Å²) in [5.41, 5.74) is 0.942. The summed E-state index contributed by atoms with van der Waals surface area (Å²) >= 11 is 0. The first kappa shape index (κ1) is 28.0. The van der Waals surface area contributed by atoms with E-state index >= 15 is 0 Å². The molecular weight excluding hydrogens is 480 g/mol. The highest BCUT2D eigenvalue weighted by atomic mass is 16.6. The molecule has 2 N–H and O–H groups in total. The number of carbonyl (C=O) groups excluding carboxylic acids is 1. The molecule has 9 nitrogen and oxygen atoms in total. The minimum atomic E-state index is -1.54. The topological polar surface area (TPSA) is 113 Å². The van der Waals surface area contributed by atoms with E-state index in [1.54, 1.807) is 39.0 Å². The van der Waals surface area contributed by atoms with E-state index in [9.17, 15) is 15.0 Å². The number of aliphatic hydroxyl groups is 1. The highest BCUT2D eigenvalue weighted by Crippen LogP contribution is 2.58. The molecule has 0 heterocycles. The van der Waals surface area contributed by atoms with Crippen molar-refractivity contribution in [2.24, 2.45) is 5.92 Å². The number of methoxy groups -OCH3 is 5. The predicted molar refractivity (Wildman–Crippen MR) is 138 cm³/mol. The fraction of sp³-hybridized carbons (Fsp3) is 0.464. The highest BCUT2D eigenvalue weighted by Gasteiger charge is 2.46. The standard InChI is InChI=1S/C28H36O9/c1-10-14(2)27(30)37-26-17-13-19(32-5)23(34-7)25(36-9)21(17)20-16(11-15(3)28(26,4)31)12-18(29)22(33-6)24(20)35-8/h10,12-13,15,26,29,31H,11H2,1-9H3/t15-,26+,28-/m1/s1. The molecule has 3 atom stereocenters. The van der Waals surface area contributed by atoms with E-state index in [-0.39, 0.29) is 23.0 Å². The first-order valence-corrected chi connectivity index (χ1v) is 11.9. The lowest BCUT2D eigenvalue weighted by molar-refractivity contribution is -0.166. The van der Waals surface area contributed by atoms with Crippen molar-refractivity contribution in [2.45, 2.75) is 45.8 Å². The zero-order valence-corrected chi connectivity index (χ0v) is 22.8. The van der Waals surface area contributed by atoms with E-state index in [0.717, 1.165) is 0 Å². The largest absolute Gasteiger partial charge is 0.504 e. The monoisotopic (exact) mass is 516 g/mol. The molecule has 0 radical (unpaired) electrons. The number of phenols is 1. The van der Waals surface area contributed by atoms with Gasteiger partial charge in [0.05, 0.1) is 35.5 Å². The number of carbonyl (C=O) groups is 1. The second kappa shape index (κ2) is 10.8. The van der Waals surface area contributed by atoms with Gasteiger partial charge in [-0.15, -0.1) is 0 Å². The van der Waals surface area contributed by atoms with Crippen LogP contribution < -0.4 is 23.7 Å². The number of aromatic hydroxyl groups is 1. The first-order chi connectivity index (χ1) is 17.5. The third kappa shape index (κ3) is 4.64. The zero-order valence-electron chi connectivity index (χ0n) is 22.8. The van der Waals surface area contributed by atoms with Crippen molar-refractivity contribution < 1.29 is 43.4 Å². The molecule has 1 aliphatic rings. The van der Waals surface area contributed by atoms with Gasteiger partial charge >= 0.3 is 5.97 Å². The molecule has 0 spiro atoms. The minimum Gasteiger partial charge on any atom is -0.504 e. The van der Waals surface area contributed by atoms with Crippen LogP contribution in [0.1, 0.15) is 44.9 Å². The Labute approximate surface area is 217 Å². The maximum absolute atomic E-state index is 13.0. The molecule has 1 aliphatic carbocycles. The van der Waals surface area contributed by atoms with Crippen LogP contribution in [0.4, 0.5) is 0 Å². The van der Waals surface area contributed by atoms with Gasteiger partial charge in [-0.3, -0.25) is 0 Å². The molecule has 0 unspecified atom stereocenters. The molecule has 0 saturated carbocycles. The van der Waals surface area contributed by atoms with Crippen molar-refractivity contribution in [1.29, 1.82) is 0 Å². The Morgan fingerprint density at radius 3 is 2.03 bits per heavy atom. The molecule has 0 amide bonds. The number of fused-ring (bicyclic) bond motifs is 3. The van der Waals surface area contributed by atoms with Crippen LogP contribution >= 0.6 is 0 Å². The maximum Gasteiger partial charge on any atom is 0.334 e. The molecule has 0 aromatic heterocycles. The average Bonchev–Trinajstić information content (AvgIpc) is 2.88. The Balaban J connectivity index is 2.59. The summed E-state index contributed by atoms with van der Waals surface area (Å²) in [6.07, 6.45) is 0.821. The number of phenolic OH excluding ortho intramolecular Hbond substituents is 1. The molecule has 3 rings (SSSR count). The predicted octanol–water partition coefficient (Wildman–Crippen LogP) is 4.60. The van der Waals surface area contributed by atoms with Crippen LogP contribution in [0.5, 0.6) is 34.5 Å². The van der Waals surface area contributed by atoms with E-state index < -0.39 is 23.6 Å². The summed E-state index contributed by atoms with van der Waals surface area (Å²) in [7, 11) is 7.34. The molecule has 0 bridgehead atoms.